The SMILES string of the molecule is C[C@@H]1CCN(C(=O)[C@@H]2CCC(=O)N(C3CC3)[C@@H]2c2ccnn2C)[C@@H]1C. The van der Waals surface area contributed by atoms with Gasteiger partial charge in [0.1, 0.15) is 0 Å². The van der Waals surface area contributed by atoms with Crippen LogP contribution in [0.3, 0.4) is 0 Å². The molecule has 0 radical (unpaired) electrons. The number of hydrogen-bond donors (Lipinski definition) is 0. The number of amides is 2. The van der Waals surface area contributed by atoms with Crippen molar-refractivity contribution in [3.8, 4) is 0 Å². The minimum absolute atomic E-state index is 0.151. The second-order valence-corrected chi connectivity index (χ2v) is 8.04. The zero-order chi connectivity index (χ0) is 17.7. The van der Waals surface area contributed by atoms with Crippen molar-refractivity contribution in [2.24, 2.45) is 18.9 Å². The van der Waals surface area contributed by atoms with E-state index in [1.807, 2.05) is 22.7 Å². The third-order valence-corrected chi connectivity index (χ3v) is 6.48. The molecule has 0 spiro atoms. The summed E-state index contributed by atoms with van der Waals surface area (Å²) in [6.45, 7) is 5.21. The molecule has 25 heavy (non-hydrogen) atoms. The van der Waals surface area contributed by atoms with E-state index < -0.39 is 0 Å². The Morgan fingerprint density at radius 3 is 2.52 bits per heavy atom. The highest BCUT2D eigenvalue weighted by molar-refractivity contribution is 5.85. The van der Waals surface area contributed by atoms with Gasteiger partial charge < -0.3 is 9.80 Å². The fourth-order valence-electron chi connectivity index (χ4n) is 4.60. The summed E-state index contributed by atoms with van der Waals surface area (Å²) in [5.74, 6) is 0.812. The van der Waals surface area contributed by atoms with Gasteiger partial charge in [-0.1, -0.05) is 6.92 Å². The molecule has 0 unspecified atom stereocenters. The largest absolute Gasteiger partial charge is 0.339 e. The Hall–Kier alpha value is -1.85. The molecule has 6 nitrogen and oxygen atoms in total. The summed E-state index contributed by atoms with van der Waals surface area (Å²) in [5.41, 5.74) is 0.984. The van der Waals surface area contributed by atoms with Gasteiger partial charge in [0, 0.05) is 38.3 Å². The van der Waals surface area contributed by atoms with Crippen LogP contribution in [-0.4, -0.2) is 50.0 Å². The number of rotatable bonds is 3. The van der Waals surface area contributed by atoms with Crippen LogP contribution in [0, 0.1) is 11.8 Å². The fraction of sp³-hybridized carbons (Fsp3) is 0.737. The van der Waals surface area contributed by atoms with Gasteiger partial charge in [0.25, 0.3) is 0 Å². The molecule has 6 heteroatoms. The Balaban J connectivity index is 1.68. The molecule has 2 saturated heterocycles. The van der Waals surface area contributed by atoms with E-state index in [1.165, 1.54) is 0 Å². The highest BCUT2D eigenvalue weighted by atomic mass is 16.2. The summed E-state index contributed by atoms with van der Waals surface area (Å²) >= 11 is 0. The van der Waals surface area contributed by atoms with Crippen molar-refractivity contribution in [2.45, 2.75) is 64.1 Å². The van der Waals surface area contributed by atoms with Crippen molar-refractivity contribution < 1.29 is 9.59 Å². The Labute approximate surface area is 149 Å². The van der Waals surface area contributed by atoms with Crippen molar-refractivity contribution in [3.05, 3.63) is 18.0 Å². The lowest BCUT2D eigenvalue weighted by atomic mass is 9.85. The Morgan fingerprint density at radius 1 is 1.20 bits per heavy atom. The Morgan fingerprint density at radius 2 is 1.96 bits per heavy atom. The molecule has 3 aliphatic rings. The zero-order valence-electron chi connectivity index (χ0n) is 15.4. The first-order valence-corrected chi connectivity index (χ1v) is 9.58. The molecule has 1 saturated carbocycles. The molecule has 3 fully saturated rings. The van der Waals surface area contributed by atoms with Gasteiger partial charge in [0.05, 0.1) is 17.7 Å². The number of hydrogen-bond acceptors (Lipinski definition) is 3. The van der Waals surface area contributed by atoms with E-state index in [2.05, 4.69) is 23.8 Å². The number of carbonyl (C=O) groups excluding carboxylic acids is 2. The first-order valence-electron chi connectivity index (χ1n) is 9.58. The van der Waals surface area contributed by atoms with Gasteiger partial charge in [0.15, 0.2) is 0 Å². The van der Waals surface area contributed by atoms with Gasteiger partial charge in [-0.15, -0.1) is 0 Å². The van der Waals surface area contributed by atoms with Crippen LogP contribution >= 0.6 is 0 Å². The lowest BCUT2D eigenvalue weighted by molar-refractivity contribution is -0.149. The summed E-state index contributed by atoms with van der Waals surface area (Å²) in [6, 6.07) is 2.39. The molecular weight excluding hydrogens is 316 g/mol. The fourth-order valence-corrected chi connectivity index (χ4v) is 4.60. The summed E-state index contributed by atoms with van der Waals surface area (Å²) < 4.78 is 1.83. The smallest absolute Gasteiger partial charge is 0.228 e. The highest BCUT2D eigenvalue weighted by Gasteiger charge is 2.49. The maximum atomic E-state index is 13.4. The van der Waals surface area contributed by atoms with Gasteiger partial charge in [-0.2, -0.15) is 5.10 Å². The lowest BCUT2D eigenvalue weighted by Gasteiger charge is -2.42. The molecule has 1 aromatic rings. The van der Waals surface area contributed by atoms with Crippen LogP contribution in [0.25, 0.3) is 0 Å². The van der Waals surface area contributed by atoms with Crippen molar-refractivity contribution >= 4 is 11.8 Å². The molecule has 1 aliphatic carbocycles. The van der Waals surface area contributed by atoms with Crippen LogP contribution < -0.4 is 0 Å². The maximum absolute atomic E-state index is 13.4. The van der Waals surface area contributed by atoms with Crippen LogP contribution in [0.15, 0.2) is 12.3 Å². The Bertz CT molecular complexity index is 681. The van der Waals surface area contributed by atoms with E-state index in [4.69, 9.17) is 0 Å². The molecule has 3 heterocycles. The zero-order valence-corrected chi connectivity index (χ0v) is 15.4. The van der Waals surface area contributed by atoms with E-state index in [0.29, 0.717) is 24.8 Å². The van der Waals surface area contributed by atoms with Crippen LogP contribution in [0.5, 0.6) is 0 Å². The van der Waals surface area contributed by atoms with E-state index in [-0.39, 0.29) is 29.8 Å². The maximum Gasteiger partial charge on any atom is 0.228 e. The monoisotopic (exact) mass is 344 g/mol. The van der Waals surface area contributed by atoms with Gasteiger partial charge >= 0.3 is 0 Å². The van der Waals surface area contributed by atoms with E-state index in [1.54, 1.807) is 6.20 Å². The number of piperidine rings is 1. The van der Waals surface area contributed by atoms with Crippen LogP contribution in [0.2, 0.25) is 0 Å². The number of aryl methyl sites for hydroxylation is 1. The van der Waals surface area contributed by atoms with Crippen molar-refractivity contribution in [3.63, 3.8) is 0 Å². The summed E-state index contributed by atoms with van der Waals surface area (Å²) in [6.07, 6.45) is 6.08. The first-order chi connectivity index (χ1) is 12.0. The average Bonchev–Trinajstić information content (AvgIpc) is 3.25. The van der Waals surface area contributed by atoms with Crippen LogP contribution in [0.1, 0.15) is 57.7 Å². The molecule has 2 amide bonds. The summed E-state index contributed by atoms with van der Waals surface area (Å²) in [4.78, 5) is 30.2. The third kappa shape index (κ3) is 2.75. The number of aromatic nitrogens is 2. The number of nitrogens with zero attached hydrogens (tertiary/aromatic N) is 4. The van der Waals surface area contributed by atoms with E-state index >= 15 is 0 Å². The molecule has 0 aromatic carbocycles. The normalized spacial score (nSPS) is 33.2. The topological polar surface area (TPSA) is 58.4 Å². The molecular formula is C19H28N4O2. The second kappa shape index (κ2) is 6.15. The number of carbonyl (C=O) groups is 2. The van der Waals surface area contributed by atoms with Crippen molar-refractivity contribution in [1.29, 1.82) is 0 Å². The summed E-state index contributed by atoms with van der Waals surface area (Å²) in [7, 11) is 1.90. The van der Waals surface area contributed by atoms with Gasteiger partial charge in [-0.05, 0) is 44.6 Å². The van der Waals surface area contributed by atoms with Crippen molar-refractivity contribution in [2.75, 3.05) is 6.54 Å². The van der Waals surface area contributed by atoms with Gasteiger partial charge in [0.2, 0.25) is 11.8 Å². The molecule has 4 atom stereocenters. The number of likely N-dealkylation sites (tertiary alicyclic amines) is 2. The average molecular weight is 344 g/mol. The Kier molecular flexibility index (Phi) is 4.08. The van der Waals surface area contributed by atoms with Crippen LogP contribution in [0.4, 0.5) is 0 Å². The molecule has 2 aliphatic heterocycles. The van der Waals surface area contributed by atoms with Gasteiger partial charge in [-0.3, -0.25) is 14.3 Å². The minimum Gasteiger partial charge on any atom is -0.339 e. The molecule has 136 valence electrons. The molecule has 0 N–H and O–H groups in total. The lowest BCUT2D eigenvalue weighted by Crippen LogP contribution is -2.51. The molecule has 1 aromatic heterocycles. The minimum atomic E-state index is -0.170. The molecule has 4 rings (SSSR count). The van der Waals surface area contributed by atoms with Crippen LogP contribution in [-0.2, 0) is 16.6 Å². The van der Waals surface area contributed by atoms with Gasteiger partial charge in [-0.25, -0.2) is 0 Å². The predicted octanol–water partition coefficient (Wildman–Crippen LogP) is 2.12. The quantitative estimate of drug-likeness (QED) is 0.844. The first kappa shape index (κ1) is 16.6. The summed E-state index contributed by atoms with van der Waals surface area (Å²) in [5, 5.41) is 4.30. The van der Waals surface area contributed by atoms with E-state index in [0.717, 1.165) is 31.5 Å². The second-order valence-electron chi connectivity index (χ2n) is 8.04. The van der Waals surface area contributed by atoms with Crippen molar-refractivity contribution in [1.82, 2.24) is 19.6 Å². The molecule has 0 bridgehead atoms. The predicted molar refractivity (Wildman–Crippen MR) is 93.5 cm³/mol. The van der Waals surface area contributed by atoms with E-state index in [9.17, 15) is 9.59 Å². The highest BCUT2D eigenvalue weighted by Crippen LogP contribution is 2.44. The third-order valence-electron chi connectivity index (χ3n) is 6.48. The standard InChI is InChI=1S/C19H28N4O2/c1-12-9-11-22(13(12)2)19(25)15-6-7-17(24)23(14-4-5-14)18(15)16-8-10-20-21(16)3/h8,10,12-15,18H,4-7,9,11H2,1-3H3/t12-,13-,15-,18+/m1/s1.